The molecular formula is C8H16NO. The largest absolute Gasteiger partial charge is 0.396 e. The van der Waals surface area contributed by atoms with E-state index in [1.54, 1.807) is 0 Å². The zero-order valence-corrected chi connectivity index (χ0v) is 7.05. The van der Waals surface area contributed by atoms with Crippen molar-refractivity contribution in [1.82, 2.24) is 0 Å². The summed E-state index contributed by atoms with van der Waals surface area (Å²) >= 11 is 0. The molecule has 0 aromatic carbocycles. The van der Waals surface area contributed by atoms with E-state index < -0.39 is 0 Å². The van der Waals surface area contributed by atoms with Crippen molar-refractivity contribution in [2.45, 2.75) is 27.2 Å². The first-order chi connectivity index (χ1) is 4.66. The summed E-state index contributed by atoms with van der Waals surface area (Å²) < 4.78 is 0. The third-order valence-corrected chi connectivity index (χ3v) is 1.01. The molecule has 10 heavy (non-hydrogen) atoms. The minimum atomic E-state index is 0.536. The van der Waals surface area contributed by atoms with E-state index in [0.717, 1.165) is 12.1 Å². The Morgan fingerprint density at radius 3 is 2.60 bits per heavy atom. The first kappa shape index (κ1) is 9.47. The number of nitrogens with zero attached hydrogens (tertiary/aromatic N) is 1. The average Bonchev–Trinajstić information content (AvgIpc) is 1.87. The quantitative estimate of drug-likeness (QED) is 0.436. The van der Waals surface area contributed by atoms with Crippen LogP contribution in [-0.4, -0.2) is 12.3 Å². The molecule has 0 spiro atoms. The zero-order chi connectivity index (χ0) is 7.98. The second kappa shape index (κ2) is 5.27. The van der Waals surface area contributed by atoms with Crippen molar-refractivity contribution in [3.63, 3.8) is 0 Å². The molecule has 0 aliphatic rings. The van der Waals surface area contributed by atoms with Crippen LogP contribution in [0.3, 0.4) is 0 Å². The second-order valence-corrected chi connectivity index (χ2v) is 2.70. The lowest BCUT2D eigenvalue weighted by molar-refractivity contribution is 0.118. The van der Waals surface area contributed by atoms with Crippen molar-refractivity contribution in [2.24, 2.45) is 11.1 Å². The second-order valence-electron chi connectivity index (χ2n) is 2.70. The van der Waals surface area contributed by atoms with Gasteiger partial charge in [-0.05, 0) is 19.3 Å². The molecule has 0 aromatic heterocycles. The topological polar surface area (TPSA) is 21.6 Å². The van der Waals surface area contributed by atoms with Crippen molar-refractivity contribution < 1.29 is 4.84 Å². The van der Waals surface area contributed by atoms with Crippen LogP contribution in [0.15, 0.2) is 5.16 Å². The SMILES string of the molecule is [CH2]C(CC)=NOCC(C)C. The Labute approximate surface area is 63.3 Å². The monoisotopic (exact) mass is 142 g/mol. The van der Waals surface area contributed by atoms with Gasteiger partial charge >= 0.3 is 0 Å². The molecule has 0 amide bonds. The molecule has 1 radical (unpaired) electrons. The third kappa shape index (κ3) is 5.60. The molecule has 0 heterocycles. The Kier molecular flexibility index (Phi) is 4.99. The molecule has 2 heteroatoms. The highest BCUT2D eigenvalue weighted by molar-refractivity contribution is 5.87. The van der Waals surface area contributed by atoms with Crippen LogP contribution in [0.25, 0.3) is 0 Å². The van der Waals surface area contributed by atoms with E-state index >= 15 is 0 Å². The van der Waals surface area contributed by atoms with Crippen molar-refractivity contribution >= 4 is 5.71 Å². The van der Waals surface area contributed by atoms with Crippen LogP contribution < -0.4 is 0 Å². The van der Waals surface area contributed by atoms with Gasteiger partial charge < -0.3 is 4.84 Å². The number of hydrogen-bond acceptors (Lipinski definition) is 2. The van der Waals surface area contributed by atoms with Gasteiger partial charge in [0.15, 0.2) is 0 Å². The Bertz CT molecular complexity index is 108. The maximum absolute atomic E-state index is 4.97. The van der Waals surface area contributed by atoms with Crippen LogP contribution >= 0.6 is 0 Å². The normalized spacial score (nSPS) is 12.3. The van der Waals surface area contributed by atoms with Gasteiger partial charge in [-0.2, -0.15) is 0 Å². The first-order valence-electron chi connectivity index (χ1n) is 3.67. The maximum atomic E-state index is 4.97. The van der Waals surface area contributed by atoms with E-state index in [0.29, 0.717) is 12.5 Å². The average molecular weight is 142 g/mol. The van der Waals surface area contributed by atoms with E-state index in [9.17, 15) is 0 Å². The van der Waals surface area contributed by atoms with Gasteiger partial charge in [-0.15, -0.1) is 0 Å². The van der Waals surface area contributed by atoms with Gasteiger partial charge in [0.25, 0.3) is 0 Å². The van der Waals surface area contributed by atoms with Crippen molar-refractivity contribution in [2.75, 3.05) is 6.61 Å². The van der Waals surface area contributed by atoms with Crippen LogP contribution in [0, 0.1) is 12.8 Å². The van der Waals surface area contributed by atoms with E-state index in [1.165, 1.54) is 0 Å². The Morgan fingerprint density at radius 1 is 1.60 bits per heavy atom. The molecule has 0 atom stereocenters. The number of oxime groups is 1. The maximum Gasteiger partial charge on any atom is 0.119 e. The third-order valence-electron chi connectivity index (χ3n) is 1.01. The molecule has 0 saturated carbocycles. The summed E-state index contributed by atoms with van der Waals surface area (Å²) in [6, 6.07) is 0. The van der Waals surface area contributed by atoms with Crippen molar-refractivity contribution in [3.05, 3.63) is 6.92 Å². The predicted octanol–water partition coefficient (Wildman–Crippen LogP) is 2.26. The molecule has 0 N–H and O–H groups in total. The van der Waals surface area contributed by atoms with Gasteiger partial charge in [-0.1, -0.05) is 25.9 Å². The summed E-state index contributed by atoms with van der Waals surface area (Å²) in [4.78, 5) is 4.97. The van der Waals surface area contributed by atoms with Gasteiger partial charge in [0, 0.05) is 0 Å². The molecule has 0 rings (SSSR count). The van der Waals surface area contributed by atoms with Gasteiger partial charge in [-0.3, -0.25) is 0 Å². The van der Waals surface area contributed by atoms with Crippen LogP contribution in [0.1, 0.15) is 27.2 Å². The highest BCUT2D eigenvalue weighted by atomic mass is 16.6. The Morgan fingerprint density at radius 2 is 2.20 bits per heavy atom. The van der Waals surface area contributed by atoms with Crippen LogP contribution in [0.2, 0.25) is 0 Å². The van der Waals surface area contributed by atoms with Crippen LogP contribution in [0.5, 0.6) is 0 Å². The number of hydrogen-bond donors (Lipinski definition) is 0. The van der Waals surface area contributed by atoms with E-state index in [2.05, 4.69) is 25.9 Å². The fourth-order valence-electron chi connectivity index (χ4n) is 0.342. The van der Waals surface area contributed by atoms with Crippen molar-refractivity contribution in [3.8, 4) is 0 Å². The number of rotatable bonds is 4. The first-order valence-corrected chi connectivity index (χ1v) is 3.67. The summed E-state index contributed by atoms with van der Waals surface area (Å²) in [7, 11) is 0. The molecule has 0 fully saturated rings. The van der Waals surface area contributed by atoms with E-state index in [4.69, 9.17) is 4.84 Å². The fourth-order valence-corrected chi connectivity index (χ4v) is 0.342. The summed E-state index contributed by atoms with van der Waals surface area (Å²) in [5.74, 6) is 0.536. The lowest BCUT2D eigenvalue weighted by Gasteiger charge is -2.02. The molecule has 0 saturated heterocycles. The smallest absolute Gasteiger partial charge is 0.119 e. The molecule has 0 aromatic rings. The molecular weight excluding hydrogens is 126 g/mol. The molecule has 0 unspecified atom stereocenters. The fraction of sp³-hybridized carbons (Fsp3) is 0.750. The summed E-state index contributed by atoms with van der Waals surface area (Å²) in [5.41, 5.74) is 0.806. The Balaban J connectivity index is 3.34. The molecule has 59 valence electrons. The predicted molar refractivity (Wildman–Crippen MR) is 43.9 cm³/mol. The van der Waals surface area contributed by atoms with Gasteiger partial charge in [-0.25, -0.2) is 0 Å². The van der Waals surface area contributed by atoms with Crippen molar-refractivity contribution in [1.29, 1.82) is 0 Å². The molecule has 0 aliphatic heterocycles. The lowest BCUT2D eigenvalue weighted by Crippen LogP contribution is -1.99. The summed E-state index contributed by atoms with van der Waals surface area (Å²) in [6.45, 7) is 10.5. The van der Waals surface area contributed by atoms with E-state index in [1.807, 2.05) is 6.92 Å². The minimum Gasteiger partial charge on any atom is -0.396 e. The van der Waals surface area contributed by atoms with Crippen LogP contribution in [-0.2, 0) is 4.84 Å². The summed E-state index contributed by atoms with van der Waals surface area (Å²) in [6.07, 6.45) is 0.859. The Hall–Kier alpha value is -0.530. The van der Waals surface area contributed by atoms with Crippen LogP contribution in [0.4, 0.5) is 0 Å². The van der Waals surface area contributed by atoms with Gasteiger partial charge in [0.1, 0.15) is 6.61 Å². The molecule has 0 aliphatic carbocycles. The molecule has 2 nitrogen and oxygen atoms in total. The highest BCUT2D eigenvalue weighted by Gasteiger charge is 1.91. The highest BCUT2D eigenvalue weighted by Crippen LogP contribution is 1.93. The minimum absolute atomic E-state index is 0.536. The zero-order valence-electron chi connectivity index (χ0n) is 7.05. The van der Waals surface area contributed by atoms with E-state index in [-0.39, 0.29) is 0 Å². The standard InChI is InChI=1S/C8H16NO/c1-5-8(4)9-10-6-7(2)3/h7H,4-6H2,1-3H3. The molecule has 0 bridgehead atoms. The van der Waals surface area contributed by atoms with Gasteiger partial charge in [0.05, 0.1) is 5.71 Å². The lowest BCUT2D eigenvalue weighted by atomic mass is 10.2. The van der Waals surface area contributed by atoms with Gasteiger partial charge in [0.2, 0.25) is 0 Å². The summed E-state index contributed by atoms with van der Waals surface area (Å²) in [5, 5.41) is 3.79.